The van der Waals surface area contributed by atoms with Gasteiger partial charge in [0.15, 0.2) is 5.89 Å². The Morgan fingerprint density at radius 1 is 1.06 bits per heavy atom. The number of benzene rings is 1. The fourth-order valence-electron chi connectivity index (χ4n) is 5.93. The average Bonchev–Trinajstić information content (AvgIpc) is 3.44. The van der Waals surface area contributed by atoms with Crippen molar-refractivity contribution in [1.82, 2.24) is 30.7 Å². The fraction of sp³-hybridized carbons (Fsp3) is 0.588. The number of carbonyl (C=O) groups is 5. The van der Waals surface area contributed by atoms with Crippen molar-refractivity contribution in [3.05, 3.63) is 53.2 Å². The number of ether oxygens (including phenoxy) is 1. The Labute approximate surface area is 280 Å². The quantitative estimate of drug-likeness (QED) is 0.345. The molecule has 2 aliphatic heterocycles. The van der Waals surface area contributed by atoms with Crippen molar-refractivity contribution in [2.45, 2.75) is 96.7 Å². The van der Waals surface area contributed by atoms with Crippen molar-refractivity contribution in [3.63, 3.8) is 0 Å². The first kappa shape index (κ1) is 36.5. The predicted octanol–water partition coefficient (Wildman–Crippen LogP) is 0.741. The van der Waals surface area contributed by atoms with Gasteiger partial charge in [-0.2, -0.15) is 0 Å². The van der Waals surface area contributed by atoms with Crippen LogP contribution in [0.25, 0.3) is 0 Å². The number of hydrogen-bond acceptors (Lipinski definition) is 9. The summed E-state index contributed by atoms with van der Waals surface area (Å²) in [5.41, 5.74) is 1.15. The largest absolute Gasteiger partial charge is 0.435 e. The van der Waals surface area contributed by atoms with Gasteiger partial charge in [-0.15, -0.1) is 0 Å². The van der Waals surface area contributed by atoms with Crippen molar-refractivity contribution in [2.75, 3.05) is 26.7 Å². The number of hydrogen-bond donors (Lipinski definition) is 4. The predicted molar refractivity (Wildman–Crippen MR) is 175 cm³/mol. The standard InChI is InChI=1S/C34H48N6O8/c1-7-28-35-20(4)30(48-28)34(46)40-17-26-29(42)23(13-14-47-26)37-32(44)24(16-22-11-9-8-10-12-22)38-31(43)21(5)39(6)33(45)25(15-19(2)3)36-27(41)18-40/h8-12,19,21,23-26,29,42H,7,13-18H2,1-6H3,(H,36,41)(H,37,44)(H,38,43)/t21-,23-,24-,25+,26+,29-/m0/s1. The molecule has 5 amide bonds. The SMILES string of the molecule is CCc1nc(C)c(C(=O)N2CC(=O)N[C@H](CC(C)C)C(=O)N(C)[C@@H](C)C(=O)N[C@@H](Cc3ccccc3)C(=O)N[C@H]3CCO[C@H](C2)[C@H]3O)o1. The topological polar surface area (TPSA) is 183 Å². The Morgan fingerprint density at radius 3 is 2.42 bits per heavy atom. The van der Waals surface area contributed by atoms with Gasteiger partial charge in [-0.1, -0.05) is 51.1 Å². The van der Waals surface area contributed by atoms with E-state index in [1.165, 1.54) is 16.8 Å². The molecule has 6 atom stereocenters. The highest BCUT2D eigenvalue weighted by Gasteiger charge is 2.39. The molecule has 2 aliphatic rings. The number of carbonyl (C=O) groups excluding carboxylic acids is 5. The second-order valence-corrected chi connectivity index (χ2v) is 13.0. The van der Waals surface area contributed by atoms with Gasteiger partial charge in [0.25, 0.3) is 5.91 Å². The average molecular weight is 669 g/mol. The van der Waals surface area contributed by atoms with E-state index in [1.54, 1.807) is 13.8 Å². The minimum Gasteiger partial charge on any atom is -0.435 e. The molecule has 4 N–H and O–H groups in total. The van der Waals surface area contributed by atoms with E-state index in [-0.39, 0.29) is 44.1 Å². The lowest BCUT2D eigenvalue weighted by Gasteiger charge is -2.38. The van der Waals surface area contributed by atoms with E-state index in [1.807, 2.05) is 51.1 Å². The molecule has 2 saturated heterocycles. The summed E-state index contributed by atoms with van der Waals surface area (Å²) in [4.78, 5) is 75.2. The molecule has 14 heteroatoms. The number of fused-ring (bicyclic) bond motifs is 2. The van der Waals surface area contributed by atoms with Gasteiger partial charge in [0.1, 0.15) is 36.9 Å². The normalized spacial score (nSPS) is 26.5. The van der Waals surface area contributed by atoms with Gasteiger partial charge in [-0.25, -0.2) is 4.98 Å². The molecule has 2 fully saturated rings. The van der Waals surface area contributed by atoms with Crippen LogP contribution in [0, 0.1) is 12.8 Å². The van der Waals surface area contributed by atoms with E-state index in [0.717, 1.165) is 5.56 Å². The van der Waals surface area contributed by atoms with Crippen molar-refractivity contribution in [1.29, 1.82) is 0 Å². The molecule has 3 heterocycles. The molecule has 0 radical (unpaired) electrons. The molecule has 2 aromatic rings. The van der Waals surface area contributed by atoms with Gasteiger partial charge < -0.3 is 40.0 Å². The van der Waals surface area contributed by atoms with Gasteiger partial charge in [-0.3, -0.25) is 24.0 Å². The molecule has 0 saturated carbocycles. The van der Waals surface area contributed by atoms with Gasteiger partial charge in [0.2, 0.25) is 29.4 Å². The molecule has 0 aliphatic carbocycles. The second-order valence-electron chi connectivity index (χ2n) is 13.0. The Morgan fingerprint density at radius 2 is 1.77 bits per heavy atom. The van der Waals surface area contributed by atoms with Crippen LogP contribution in [0.1, 0.15) is 68.2 Å². The number of aliphatic hydroxyl groups excluding tert-OH is 1. The third kappa shape index (κ3) is 8.98. The van der Waals surface area contributed by atoms with Crippen LogP contribution in [0.15, 0.2) is 34.7 Å². The summed E-state index contributed by atoms with van der Waals surface area (Å²) in [6.07, 6.45) is -1.08. The third-order valence-corrected chi connectivity index (χ3v) is 8.81. The molecular weight excluding hydrogens is 620 g/mol. The molecule has 0 spiro atoms. The molecular formula is C34H48N6O8. The van der Waals surface area contributed by atoms with Crippen LogP contribution in [-0.4, -0.2) is 113 Å². The molecule has 14 nitrogen and oxygen atoms in total. The number of aryl methyl sites for hydroxylation is 2. The number of amides is 5. The minimum atomic E-state index is -1.26. The zero-order valence-corrected chi connectivity index (χ0v) is 28.5. The lowest BCUT2D eigenvalue weighted by molar-refractivity contribution is -0.142. The van der Waals surface area contributed by atoms with Crippen LogP contribution in [0.4, 0.5) is 0 Å². The van der Waals surface area contributed by atoms with E-state index in [0.29, 0.717) is 18.0 Å². The lowest BCUT2D eigenvalue weighted by Crippen LogP contribution is -2.60. The van der Waals surface area contributed by atoms with Gasteiger partial charge in [0, 0.05) is 26.5 Å². The van der Waals surface area contributed by atoms with Crippen LogP contribution in [-0.2, 0) is 36.8 Å². The van der Waals surface area contributed by atoms with Crippen molar-refractivity contribution < 1.29 is 38.2 Å². The summed E-state index contributed by atoms with van der Waals surface area (Å²) < 4.78 is 11.6. The number of likely N-dealkylation sites (N-methyl/N-ethyl adjacent to an activating group) is 1. The number of aliphatic hydroxyl groups is 1. The molecule has 0 unspecified atom stereocenters. The molecule has 1 aromatic carbocycles. The lowest BCUT2D eigenvalue weighted by atomic mass is 9.97. The first-order valence-electron chi connectivity index (χ1n) is 16.5. The minimum absolute atomic E-state index is 0.00500. The Kier molecular flexibility index (Phi) is 12.3. The van der Waals surface area contributed by atoms with Crippen molar-refractivity contribution in [2.24, 2.45) is 5.92 Å². The number of nitrogens with zero attached hydrogens (tertiary/aromatic N) is 3. The van der Waals surface area contributed by atoms with Gasteiger partial charge >= 0.3 is 0 Å². The second kappa shape index (κ2) is 16.2. The van der Waals surface area contributed by atoms with Crippen molar-refractivity contribution in [3.8, 4) is 0 Å². The summed E-state index contributed by atoms with van der Waals surface area (Å²) in [5, 5.41) is 19.9. The van der Waals surface area contributed by atoms with Crippen LogP contribution in [0.2, 0.25) is 0 Å². The maximum atomic E-state index is 13.9. The number of nitrogens with one attached hydrogen (secondary N) is 3. The Bertz CT molecular complexity index is 1460. The van der Waals surface area contributed by atoms with E-state index >= 15 is 0 Å². The first-order valence-corrected chi connectivity index (χ1v) is 16.5. The number of rotatable bonds is 6. The van der Waals surface area contributed by atoms with E-state index in [9.17, 15) is 29.1 Å². The van der Waals surface area contributed by atoms with Crippen molar-refractivity contribution >= 4 is 29.5 Å². The Hall–Kier alpha value is -4.30. The monoisotopic (exact) mass is 668 g/mol. The number of oxazole rings is 1. The van der Waals surface area contributed by atoms with E-state index in [4.69, 9.17) is 9.15 Å². The summed E-state index contributed by atoms with van der Waals surface area (Å²) in [7, 11) is 1.47. The highest BCUT2D eigenvalue weighted by molar-refractivity contribution is 5.97. The van der Waals surface area contributed by atoms with Gasteiger partial charge in [-0.05, 0) is 38.2 Å². The summed E-state index contributed by atoms with van der Waals surface area (Å²) >= 11 is 0. The number of aromatic nitrogens is 1. The summed E-state index contributed by atoms with van der Waals surface area (Å²) in [6.45, 7) is 8.27. The maximum Gasteiger partial charge on any atom is 0.292 e. The fourth-order valence-corrected chi connectivity index (χ4v) is 5.93. The zero-order chi connectivity index (χ0) is 35.1. The highest BCUT2D eigenvalue weighted by atomic mass is 16.5. The van der Waals surface area contributed by atoms with E-state index in [2.05, 4.69) is 20.9 Å². The third-order valence-electron chi connectivity index (χ3n) is 8.81. The zero-order valence-electron chi connectivity index (χ0n) is 28.5. The molecule has 1 aromatic heterocycles. The van der Waals surface area contributed by atoms with Crippen LogP contribution in [0.5, 0.6) is 0 Å². The van der Waals surface area contributed by atoms with Gasteiger partial charge in [0.05, 0.1) is 18.3 Å². The van der Waals surface area contributed by atoms with Crippen LogP contribution >= 0.6 is 0 Å². The van der Waals surface area contributed by atoms with Crippen LogP contribution < -0.4 is 16.0 Å². The molecule has 2 bridgehead atoms. The van der Waals surface area contributed by atoms with Crippen LogP contribution in [0.3, 0.4) is 0 Å². The smallest absolute Gasteiger partial charge is 0.292 e. The maximum absolute atomic E-state index is 13.9. The molecule has 4 rings (SSSR count). The highest BCUT2D eigenvalue weighted by Crippen LogP contribution is 2.20. The molecule has 262 valence electrons. The first-order chi connectivity index (χ1) is 22.8. The Balaban J connectivity index is 1.72. The van der Waals surface area contributed by atoms with E-state index < -0.39 is 72.5 Å². The molecule has 48 heavy (non-hydrogen) atoms. The summed E-state index contributed by atoms with van der Waals surface area (Å²) in [6, 6.07) is 5.37. The summed E-state index contributed by atoms with van der Waals surface area (Å²) in [5.74, 6) is -2.53.